The second-order valence-corrected chi connectivity index (χ2v) is 4.48. The van der Waals surface area contributed by atoms with Crippen molar-refractivity contribution < 1.29 is 17.9 Å². The van der Waals surface area contributed by atoms with Gasteiger partial charge in [-0.2, -0.15) is 5.26 Å². The lowest BCUT2D eigenvalue weighted by Crippen LogP contribution is -2.17. The van der Waals surface area contributed by atoms with E-state index in [1.165, 1.54) is 30.6 Å². The van der Waals surface area contributed by atoms with Gasteiger partial charge < -0.3 is 9.72 Å². The van der Waals surface area contributed by atoms with Crippen molar-refractivity contribution in [3.05, 3.63) is 48.3 Å². The van der Waals surface area contributed by atoms with Gasteiger partial charge in [0.2, 0.25) is 0 Å². The molecule has 3 rings (SSSR count). The molecule has 0 aliphatic rings. The zero-order valence-corrected chi connectivity index (χ0v) is 11.0. The minimum Gasteiger partial charge on any atom is -0.405 e. The van der Waals surface area contributed by atoms with Crippen LogP contribution in [0.15, 0.2) is 42.7 Å². The van der Waals surface area contributed by atoms with Crippen LogP contribution in [-0.2, 0) is 0 Å². The molecule has 0 unspecified atom stereocenters. The largest absolute Gasteiger partial charge is 0.573 e. The first-order valence-corrected chi connectivity index (χ1v) is 6.20. The summed E-state index contributed by atoms with van der Waals surface area (Å²) in [5.41, 5.74) is 1.56. The number of halogens is 3. The van der Waals surface area contributed by atoms with Crippen LogP contribution in [0.4, 0.5) is 13.2 Å². The molecule has 0 aliphatic heterocycles. The molecular weight excluding hydrogens is 295 g/mol. The van der Waals surface area contributed by atoms with Crippen molar-refractivity contribution >= 4 is 11.0 Å². The third kappa shape index (κ3) is 2.59. The number of nitriles is 1. The second-order valence-electron chi connectivity index (χ2n) is 4.48. The molecule has 0 bridgehead atoms. The number of fused-ring (bicyclic) bond motifs is 1. The Hall–Kier alpha value is -3.01. The first kappa shape index (κ1) is 13.9. The number of nitrogens with one attached hydrogen (secondary N) is 1. The average Bonchev–Trinajstić information content (AvgIpc) is 2.89. The van der Waals surface area contributed by atoms with E-state index in [0.29, 0.717) is 22.2 Å². The predicted octanol–water partition coefficient (Wildman–Crippen LogP) is 4.00. The summed E-state index contributed by atoms with van der Waals surface area (Å²) < 4.78 is 41.6. The first-order chi connectivity index (χ1) is 10.5. The zero-order chi connectivity index (χ0) is 15.7. The highest BCUT2D eigenvalue weighted by Crippen LogP contribution is 2.37. The quantitative estimate of drug-likeness (QED) is 0.778. The van der Waals surface area contributed by atoms with Gasteiger partial charge in [-0.05, 0) is 12.1 Å². The number of nitrogens with zero attached hydrogens (tertiary/aromatic N) is 2. The van der Waals surface area contributed by atoms with Gasteiger partial charge in [-0.15, -0.1) is 13.2 Å². The fourth-order valence-electron chi connectivity index (χ4n) is 2.19. The van der Waals surface area contributed by atoms with E-state index < -0.39 is 6.36 Å². The van der Waals surface area contributed by atoms with Crippen LogP contribution in [0.5, 0.6) is 5.75 Å². The smallest absolute Gasteiger partial charge is 0.405 e. The van der Waals surface area contributed by atoms with Crippen molar-refractivity contribution in [2.24, 2.45) is 0 Å². The summed E-state index contributed by atoms with van der Waals surface area (Å²) in [6, 6.07) is 9.34. The topological polar surface area (TPSA) is 61.7 Å². The Morgan fingerprint density at radius 1 is 1.18 bits per heavy atom. The average molecular weight is 303 g/mol. The molecule has 2 heterocycles. The summed E-state index contributed by atoms with van der Waals surface area (Å²) >= 11 is 0. The van der Waals surface area contributed by atoms with Crippen LogP contribution >= 0.6 is 0 Å². The molecule has 7 heteroatoms. The Morgan fingerprint density at radius 3 is 2.68 bits per heavy atom. The SMILES string of the molecule is N#Cc1cnc2[nH]cc(-c3ccccc3OC(F)(F)F)c2c1. The molecule has 0 radical (unpaired) electrons. The molecule has 0 saturated carbocycles. The molecule has 0 atom stereocenters. The standard InChI is InChI=1S/C15H8F3N3O/c16-15(17,18)22-13-4-2-1-3-10(13)12-8-21-14-11(12)5-9(6-19)7-20-14/h1-5,7-8H,(H,20,21). The van der Waals surface area contributed by atoms with Gasteiger partial charge in [-0.25, -0.2) is 4.98 Å². The van der Waals surface area contributed by atoms with Crippen LogP contribution in [0.3, 0.4) is 0 Å². The summed E-state index contributed by atoms with van der Waals surface area (Å²) in [6.45, 7) is 0. The van der Waals surface area contributed by atoms with E-state index in [1.54, 1.807) is 12.1 Å². The maximum absolute atomic E-state index is 12.5. The maximum atomic E-state index is 12.5. The Kier molecular flexibility index (Phi) is 3.22. The Balaban J connectivity index is 2.18. The molecule has 3 aromatic rings. The molecule has 4 nitrogen and oxygen atoms in total. The number of aromatic amines is 1. The summed E-state index contributed by atoms with van der Waals surface area (Å²) in [6.07, 6.45) is -1.85. The van der Waals surface area contributed by atoms with Crippen molar-refractivity contribution in [1.29, 1.82) is 5.26 Å². The first-order valence-electron chi connectivity index (χ1n) is 6.20. The number of hydrogen-bond acceptors (Lipinski definition) is 3. The van der Waals surface area contributed by atoms with Crippen LogP contribution in [0.25, 0.3) is 22.2 Å². The lowest BCUT2D eigenvalue weighted by molar-refractivity contribution is -0.274. The zero-order valence-electron chi connectivity index (χ0n) is 11.0. The number of rotatable bonds is 2. The summed E-state index contributed by atoms with van der Waals surface area (Å²) in [5.74, 6) is -0.307. The Bertz CT molecular complexity index is 878. The molecular formula is C15H8F3N3O. The molecule has 1 aromatic carbocycles. The van der Waals surface area contributed by atoms with Gasteiger partial charge in [-0.3, -0.25) is 0 Å². The van der Waals surface area contributed by atoms with Gasteiger partial charge in [0.05, 0.1) is 5.56 Å². The number of hydrogen-bond donors (Lipinski definition) is 1. The molecule has 1 N–H and O–H groups in total. The van der Waals surface area contributed by atoms with Crippen LogP contribution in [-0.4, -0.2) is 16.3 Å². The van der Waals surface area contributed by atoms with E-state index in [0.717, 1.165) is 0 Å². The summed E-state index contributed by atoms with van der Waals surface area (Å²) in [7, 11) is 0. The molecule has 22 heavy (non-hydrogen) atoms. The van der Waals surface area contributed by atoms with Crippen LogP contribution in [0.2, 0.25) is 0 Å². The maximum Gasteiger partial charge on any atom is 0.573 e. The third-order valence-corrected chi connectivity index (χ3v) is 3.06. The van der Waals surface area contributed by atoms with Crippen molar-refractivity contribution in [2.75, 3.05) is 0 Å². The van der Waals surface area contributed by atoms with Crippen molar-refractivity contribution in [1.82, 2.24) is 9.97 Å². The van der Waals surface area contributed by atoms with Crippen LogP contribution in [0, 0.1) is 11.3 Å². The van der Waals surface area contributed by atoms with E-state index in [2.05, 4.69) is 14.7 Å². The lowest BCUT2D eigenvalue weighted by Gasteiger charge is -2.12. The number of ether oxygens (including phenoxy) is 1. The van der Waals surface area contributed by atoms with E-state index >= 15 is 0 Å². The van der Waals surface area contributed by atoms with Crippen LogP contribution in [0.1, 0.15) is 5.56 Å². The van der Waals surface area contributed by atoms with Gasteiger partial charge in [-0.1, -0.05) is 18.2 Å². The monoisotopic (exact) mass is 303 g/mol. The Morgan fingerprint density at radius 2 is 1.95 bits per heavy atom. The molecule has 0 spiro atoms. The van der Waals surface area contributed by atoms with Gasteiger partial charge in [0.1, 0.15) is 17.5 Å². The fraction of sp³-hybridized carbons (Fsp3) is 0.0667. The Labute approximate surface area is 122 Å². The summed E-state index contributed by atoms with van der Waals surface area (Å²) in [4.78, 5) is 6.93. The molecule has 0 aliphatic carbocycles. The lowest BCUT2D eigenvalue weighted by atomic mass is 10.0. The van der Waals surface area contributed by atoms with Crippen molar-refractivity contribution in [2.45, 2.75) is 6.36 Å². The predicted molar refractivity (Wildman–Crippen MR) is 72.9 cm³/mol. The van der Waals surface area contributed by atoms with E-state index in [9.17, 15) is 13.2 Å². The second kappa shape index (κ2) is 5.07. The minimum atomic E-state index is -4.78. The normalized spacial score (nSPS) is 11.4. The van der Waals surface area contributed by atoms with Crippen molar-refractivity contribution in [3.63, 3.8) is 0 Å². The summed E-state index contributed by atoms with van der Waals surface area (Å²) in [5, 5.41) is 9.48. The number of benzene rings is 1. The van der Waals surface area contributed by atoms with Crippen LogP contribution < -0.4 is 4.74 Å². The number of aromatic nitrogens is 2. The number of alkyl halides is 3. The number of pyridine rings is 1. The number of para-hydroxylation sites is 1. The van der Waals surface area contributed by atoms with Gasteiger partial charge >= 0.3 is 6.36 Å². The molecule has 0 amide bonds. The minimum absolute atomic E-state index is 0.267. The highest BCUT2D eigenvalue weighted by molar-refractivity contribution is 5.95. The molecule has 0 fully saturated rings. The third-order valence-electron chi connectivity index (χ3n) is 3.06. The highest BCUT2D eigenvalue weighted by atomic mass is 19.4. The van der Waals surface area contributed by atoms with E-state index in [1.807, 2.05) is 6.07 Å². The number of H-pyrrole nitrogens is 1. The van der Waals surface area contributed by atoms with E-state index in [-0.39, 0.29) is 11.3 Å². The van der Waals surface area contributed by atoms with Gasteiger partial charge in [0, 0.05) is 28.9 Å². The van der Waals surface area contributed by atoms with E-state index in [4.69, 9.17) is 5.26 Å². The van der Waals surface area contributed by atoms with Crippen molar-refractivity contribution in [3.8, 4) is 22.9 Å². The fourth-order valence-corrected chi connectivity index (χ4v) is 2.19. The molecule has 2 aromatic heterocycles. The molecule has 0 saturated heterocycles. The van der Waals surface area contributed by atoms with Gasteiger partial charge in [0.15, 0.2) is 0 Å². The molecule has 110 valence electrons. The van der Waals surface area contributed by atoms with Gasteiger partial charge in [0.25, 0.3) is 0 Å². The highest BCUT2D eigenvalue weighted by Gasteiger charge is 2.32.